The summed E-state index contributed by atoms with van der Waals surface area (Å²) < 4.78 is 18.5. The quantitative estimate of drug-likeness (QED) is 0.763. The lowest BCUT2D eigenvalue weighted by atomic mass is 10.1. The van der Waals surface area contributed by atoms with Gasteiger partial charge in [0.25, 0.3) is 0 Å². The van der Waals surface area contributed by atoms with Gasteiger partial charge in [-0.3, -0.25) is 0 Å². The molecule has 0 amide bonds. The zero-order chi connectivity index (χ0) is 12.0. The van der Waals surface area contributed by atoms with Crippen LogP contribution in [0, 0.1) is 5.82 Å². The number of rotatable bonds is 5. The molecule has 16 heavy (non-hydrogen) atoms. The summed E-state index contributed by atoms with van der Waals surface area (Å²) in [5, 5.41) is 2.26. The molecule has 0 aliphatic heterocycles. The highest BCUT2D eigenvalue weighted by atomic mass is 19.1. The third-order valence-electron chi connectivity index (χ3n) is 2.20. The van der Waals surface area contributed by atoms with Gasteiger partial charge < -0.3 is 10.1 Å². The van der Waals surface area contributed by atoms with Crippen LogP contribution in [0.2, 0.25) is 0 Å². The van der Waals surface area contributed by atoms with Crippen molar-refractivity contribution in [1.82, 2.24) is 0 Å². The van der Waals surface area contributed by atoms with Gasteiger partial charge in [-0.2, -0.15) is 0 Å². The van der Waals surface area contributed by atoms with E-state index in [-0.39, 0.29) is 11.4 Å². The molecule has 0 aliphatic rings. The lowest BCUT2D eigenvalue weighted by Gasteiger charge is -2.16. The molecule has 1 rings (SSSR count). The Morgan fingerprint density at radius 3 is 2.56 bits per heavy atom. The van der Waals surface area contributed by atoms with Crippen molar-refractivity contribution in [3.63, 3.8) is 0 Å². The Labute approximate surface area is 96.8 Å². The highest BCUT2D eigenvalue weighted by Gasteiger charge is 2.11. The van der Waals surface area contributed by atoms with Gasteiger partial charge in [-0.1, -0.05) is 12.1 Å². The average molecular weight is 226 g/mol. The lowest BCUT2D eigenvalue weighted by Crippen LogP contribution is -2.94. The third kappa shape index (κ3) is 5.12. The zero-order valence-electron chi connectivity index (χ0n) is 10.3. The van der Waals surface area contributed by atoms with Gasteiger partial charge in [0.2, 0.25) is 0 Å². The number of hydrogen-bond donors (Lipinski definition) is 1. The molecule has 0 aromatic heterocycles. The summed E-state index contributed by atoms with van der Waals surface area (Å²) in [6, 6.07) is 6.51. The van der Waals surface area contributed by atoms with Gasteiger partial charge in [-0.25, -0.2) is 4.39 Å². The van der Waals surface area contributed by atoms with Crippen molar-refractivity contribution in [2.24, 2.45) is 0 Å². The van der Waals surface area contributed by atoms with Crippen molar-refractivity contribution in [2.75, 3.05) is 13.2 Å². The van der Waals surface area contributed by atoms with E-state index in [4.69, 9.17) is 4.74 Å². The normalized spacial score (nSPS) is 11.5. The summed E-state index contributed by atoms with van der Waals surface area (Å²) in [6.45, 7) is 8.08. The SMILES string of the molecule is CC(C)(C)[NH2+]CCCOc1ccccc1F. The molecule has 0 atom stereocenters. The van der Waals surface area contributed by atoms with Crippen LogP contribution in [0.4, 0.5) is 4.39 Å². The van der Waals surface area contributed by atoms with Crippen molar-refractivity contribution in [3.8, 4) is 5.75 Å². The summed E-state index contributed by atoms with van der Waals surface area (Å²) >= 11 is 0. The average Bonchev–Trinajstić information content (AvgIpc) is 2.18. The molecule has 1 aromatic carbocycles. The second-order valence-electron chi connectivity index (χ2n) is 4.99. The van der Waals surface area contributed by atoms with Crippen LogP contribution in [0.25, 0.3) is 0 Å². The van der Waals surface area contributed by atoms with Gasteiger partial charge in [0.15, 0.2) is 11.6 Å². The van der Waals surface area contributed by atoms with Gasteiger partial charge in [0.1, 0.15) is 0 Å². The van der Waals surface area contributed by atoms with Gasteiger partial charge >= 0.3 is 0 Å². The first-order valence-electron chi connectivity index (χ1n) is 5.71. The molecule has 2 nitrogen and oxygen atoms in total. The highest BCUT2D eigenvalue weighted by Crippen LogP contribution is 2.15. The molecule has 0 spiro atoms. The van der Waals surface area contributed by atoms with Crippen molar-refractivity contribution < 1.29 is 14.4 Å². The van der Waals surface area contributed by atoms with Crippen LogP contribution in [0.1, 0.15) is 27.2 Å². The number of ether oxygens (including phenoxy) is 1. The van der Waals surface area contributed by atoms with Gasteiger partial charge in [-0.05, 0) is 32.9 Å². The van der Waals surface area contributed by atoms with Crippen LogP contribution in [0.5, 0.6) is 5.75 Å². The Bertz CT molecular complexity index is 320. The highest BCUT2D eigenvalue weighted by molar-refractivity contribution is 5.23. The van der Waals surface area contributed by atoms with Gasteiger partial charge in [0, 0.05) is 6.42 Å². The van der Waals surface area contributed by atoms with E-state index in [0.717, 1.165) is 13.0 Å². The smallest absolute Gasteiger partial charge is 0.165 e. The second-order valence-corrected chi connectivity index (χ2v) is 4.99. The van der Waals surface area contributed by atoms with E-state index in [0.29, 0.717) is 12.4 Å². The molecule has 0 saturated heterocycles. The van der Waals surface area contributed by atoms with Crippen molar-refractivity contribution in [3.05, 3.63) is 30.1 Å². The number of nitrogens with two attached hydrogens (primary N) is 1. The van der Waals surface area contributed by atoms with Crippen molar-refractivity contribution in [2.45, 2.75) is 32.7 Å². The number of quaternary nitrogens is 1. The monoisotopic (exact) mass is 226 g/mol. The fraction of sp³-hybridized carbons (Fsp3) is 0.538. The maximum atomic E-state index is 13.2. The Kier molecular flexibility index (Phi) is 4.74. The zero-order valence-corrected chi connectivity index (χ0v) is 10.3. The summed E-state index contributed by atoms with van der Waals surface area (Å²) in [5.74, 6) is 0.0561. The predicted octanol–water partition coefficient (Wildman–Crippen LogP) is 1.96. The molecule has 1 aromatic rings. The molecular weight excluding hydrogens is 205 g/mol. The number of para-hydroxylation sites is 1. The predicted molar refractivity (Wildman–Crippen MR) is 63.1 cm³/mol. The van der Waals surface area contributed by atoms with E-state index < -0.39 is 0 Å². The Balaban J connectivity index is 2.19. The van der Waals surface area contributed by atoms with Crippen LogP contribution < -0.4 is 10.1 Å². The Morgan fingerprint density at radius 1 is 1.25 bits per heavy atom. The summed E-state index contributed by atoms with van der Waals surface area (Å²) in [6.07, 6.45) is 0.922. The summed E-state index contributed by atoms with van der Waals surface area (Å²) in [7, 11) is 0. The molecule has 0 aliphatic carbocycles. The molecule has 0 saturated carbocycles. The largest absolute Gasteiger partial charge is 0.490 e. The first-order valence-corrected chi connectivity index (χ1v) is 5.71. The standard InChI is InChI=1S/C13H20FNO/c1-13(2,3)15-9-6-10-16-12-8-5-4-7-11(12)14/h4-5,7-8,15H,6,9-10H2,1-3H3/p+1. The van der Waals surface area contributed by atoms with E-state index >= 15 is 0 Å². The molecule has 0 bridgehead atoms. The fourth-order valence-corrected chi connectivity index (χ4v) is 1.36. The first kappa shape index (κ1) is 13.0. The fourth-order valence-electron chi connectivity index (χ4n) is 1.36. The maximum Gasteiger partial charge on any atom is 0.165 e. The van der Waals surface area contributed by atoms with Crippen LogP contribution in [0.15, 0.2) is 24.3 Å². The van der Waals surface area contributed by atoms with E-state index in [1.165, 1.54) is 6.07 Å². The molecule has 0 radical (unpaired) electrons. The Hall–Kier alpha value is -1.09. The minimum Gasteiger partial charge on any atom is -0.490 e. The maximum absolute atomic E-state index is 13.2. The number of halogens is 1. The Morgan fingerprint density at radius 2 is 1.94 bits per heavy atom. The van der Waals surface area contributed by atoms with E-state index in [1.807, 2.05) is 0 Å². The molecule has 0 heterocycles. The first-order chi connectivity index (χ1) is 7.49. The minimum absolute atomic E-state index is 0.248. The number of benzene rings is 1. The molecule has 2 N–H and O–H groups in total. The summed E-state index contributed by atoms with van der Waals surface area (Å²) in [5.41, 5.74) is 0.248. The molecule has 3 heteroatoms. The number of hydrogen-bond acceptors (Lipinski definition) is 1. The van der Waals surface area contributed by atoms with Crippen LogP contribution in [0.3, 0.4) is 0 Å². The van der Waals surface area contributed by atoms with Crippen molar-refractivity contribution >= 4 is 0 Å². The van der Waals surface area contributed by atoms with Gasteiger partial charge in [0.05, 0.1) is 18.7 Å². The second kappa shape index (κ2) is 5.85. The third-order valence-corrected chi connectivity index (χ3v) is 2.20. The van der Waals surface area contributed by atoms with Crippen molar-refractivity contribution in [1.29, 1.82) is 0 Å². The minimum atomic E-state index is -0.290. The molecule has 90 valence electrons. The van der Waals surface area contributed by atoms with E-state index in [9.17, 15) is 4.39 Å². The molecule has 0 fully saturated rings. The topological polar surface area (TPSA) is 25.8 Å². The van der Waals surface area contributed by atoms with Crippen LogP contribution in [-0.4, -0.2) is 18.7 Å². The van der Waals surface area contributed by atoms with E-state index in [1.54, 1.807) is 18.2 Å². The van der Waals surface area contributed by atoms with Crippen LogP contribution in [-0.2, 0) is 0 Å². The van der Waals surface area contributed by atoms with E-state index in [2.05, 4.69) is 26.1 Å². The summed E-state index contributed by atoms with van der Waals surface area (Å²) in [4.78, 5) is 0. The lowest BCUT2D eigenvalue weighted by molar-refractivity contribution is -0.717. The van der Waals surface area contributed by atoms with Crippen LogP contribution >= 0.6 is 0 Å². The molecular formula is C13H21FNO+. The van der Waals surface area contributed by atoms with Gasteiger partial charge in [-0.15, -0.1) is 0 Å². The molecule has 0 unspecified atom stereocenters.